The minimum absolute atomic E-state index is 0.383. The van der Waals surface area contributed by atoms with Crippen molar-refractivity contribution < 1.29 is 9.53 Å². The Balaban J connectivity index is 2.08. The number of hydrogen-bond donors (Lipinski definition) is 2. The maximum atomic E-state index is 11.6. The summed E-state index contributed by atoms with van der Waals surface area (Å²) >= 11 is 1.48. The molecule has 0 radical (unpaired) electrons. The molecule has 0 fully saturated rings. The van der Waals surface area contributed by atoms with E-state index in [1.165, 1.54) is 11.3 Å². The average molecular weight is 294 g/mol. The molecule has 0 aliphatic carbocycles. The molecule has 0 spiro atoms. The van der Waals surface area contributed by atoms with Gasteiger partial charge in [-0.1, -0.05) is 0 Å². The van der Waals surface area contributed by atoms with E-state index >= 15 is 0 Å². The largest absolute Gasteiger partial charge is 0.444 e. The van der Waals surface area contributed by atoms with Crippen LogP contribution in [-0.2, 0) is 11.3 Å². The smallest absolute Gasteiger partial charge is 0.407 e. The number of nitrogens with two attached hydrogens (primary N) is 1. The number of carbonyl (C=O) groups excluding carboxylic acids is 1. The minimum Gasteiger partial charge on any atom is -0.444 e. The minimum atomic E-state index is -0.503. The predicted molar refractivity (Wildman–Crippen MR) is 79.6 cm³/mol. The lowest BCUT2D eigenvalue weighted by molar-refractivity contribution is 0.0524. The first-order chi connectivity index (χ1) is 9.24. The first-order valence-electron chi connectivity index (χ1n) is 6.24. The Hall–Kier alpha value is -1.89. The third-order valence-electron chi connectivity index (χ3n) is 2.39. The first kappa shape index (κ1) is 14.5. The monoisotopic (exact) mass is 294 g/mol. The van der Waals surface area contributed by atoms with Gasteiger partial charge >= 0.3 is 6.09 Å². The van der Waals surface area contributed by atoms with E-state index < -0.39 is 11.7 Å². The summed E-state index contributed by atoms with van der Waals surface area (Å²) in [5, 5.41) is 3.53. The highest BCUT2D eigenvalue weighted by molar-refractivity contribution is 7.18. The number of carbonyl (C=O) groups is 1. The molecule has 2 rings (SSSR count). The van der Waals surface area contributed by atoms with Crippen LogP contribution in [0.5, 0.6) is 0 Å². The average Bonchev–Trinajstić information content (AvgIpc) is 2.67. The van der Waals surface area contributed by atoms with Gasteiger partial charge in [0.25, 0.3) is 0 Å². The summed E-state index contributed by atoms with van der Waals surface area (Å²) in [6.45, 7) is 7.66. The number of aromatic nitrogens is 2. The molecule has 2 aromatic rings. The van der Waals surface area contributed by atoms with Crippen molar-refractivity contribution in [1.82, 2.24) is 15.3 Å². The van der Waals surface area contributed by atoms with Crippen LogP contribution in [0.25, 0.3) is 10.2 Å². The van der Waals surface area contributed by atoms with Gasteiger partial charge in [0.05, 0.1) is 11.9 Å². The number of ether oxygens (including phenoxy) is 1. The molecule has 0 aromatic carbocycles. The molecular weight excluding hydrogens is 276 g/mol. The zero-order valence-electron chi connectivity index (χ0n) is 12.0. The SMILES string of the molecule is Cc1nc(N)c2cc(CNC(=O)OC(C)(C)C)sc2n1. The molecule has 108 valence electrons. The topological polar surface area (TPSA) is 90.1 Å². The fourth-order valence-corrected chi connectivity index (χ4v) is 2.69. The van der Waals surface area contributed by atoms with Crippen LogP contribution in [0.1, 0.15) is 31.5 Å². The summed E-state index contributed by atoms with van der Waals surface area (Å²) in [7, 11) is 0. The molecule has 7 heteroatoms. The fourth-order valence-electron chi connectivity index (χ4n) is 1.66. The third-order valence-corrected chi connectivity index (χ3v) is 3.42. The number of rotatable bonds is 2. The second-order valence-corrected chi connectivity index (χ2v) is 6.56. The van der Waals surface area contributed by atoms with Crippen LogP contribution in [0.15, 0.2) is 6.07 Å². The van der Waals surface area contributed by atoms with Gasteiger partial charge in [0, 0.05) is 4.88 Å². The highest BCUT2D eigenvalue weighted by Gasteiger charge is 2.16. The standard InChI is InChI=1S/C13H18N4O2S/c1-7-16-10(14)9-5-8(20-11(9)17-7)6-15-12(18)19-13(2,3)4/h5H,6H2,1-4H3,(H,15,18)(H2,14,16,17). The molecule has 3 N–H and O–H groups in total. The van der Waals surface area contributed by atoms with E-state index in [9.17, 15) is 4.79 Å². The van der Waals surface area contributed by atoms with Gasteiger partial charge in [0.2, 0.25) is 0 Å². The predicted octanol–water partition coefficient (Wildman–Crippen LogP) is 2.61. The lowest BCUT2D eigenvalue weighted by Crippen LogP contribution is -2.31. The van der Waals surface area contributed by atoms with Crippen molar-refractivity contribution in [2.45, 2.75) is 39.8 Å². The second kappa shape index (κ2) is 5.24. The molecule has 20 heavy (non-hydrogen) atoms. The van der Waals surface area contributed by atoms with E-state index in [1.807, 2.05) is 26.8 Å². The van der Waals surface area contributed by atoms with Crippen LogP contribution in [0.2, 0.25) is 0 Å². The molecule has 0 aliphatic heterocycles. The summed E-state index contributed by atoms with van der Waals surface area (Å²) in [4.78, 5) is 21.8. The van der Waals surface area contributed by atoms with Gasteiger partial charge in [-0.25, -0.2) is 14.8 Å². The van der Waals surface area contributed by atoms with Gasteiger partial charge in [-0.3, -0.25) is 0 Å². The quantitative estimate of drug-likeness (QED) is 0.888. The number of anilines is 1. The van der Waals surface area contributed by atoms with Crippen molar-refractivity contribution in [1.29, 1.82) is 0 Å². The number of nitrogen functional groups attached to an aromatic ring is 1. The number of nitrogens with zero attached hydrogens (tertiary/aromatic N) is 2. The number of hydrogen-bond acceptors (Lipinski definition) is 6. The number of amides is 1. The highest BCUT2D eigenvalue weighted by atomic mass is 32.1. The maximum absolute atomic E-state index is 11.6. The molecular formula is C13H18N4O2S. The lowest BCUT2D eigenvalue weighted by Gasteiger charge is -2.19. The van der Waals surface area contributed by atoms with Crippen molar-refractivity contribution in [2.24, 2.45) is 0 Å². The molecule has 0 aliphatic rings. The molecule has 2 aromatic heterocycles. The molecule has 6 nitrogen and oxygen atoms in total. The second-order valence-electron chi connectivity index (χ2n) is 5.44. The Labute approximate surface area is 121 Å². The van der Waals surface area contributed by atoms with Gasteiger partial charge in [-0.2, -0.15) is 0 Å². The Morgan fingerprint density at radius 1 is 1.45 bits per heavy atom. The van der Waals surface area contributed by atoms with Crippen LogP contribution in [-0.4, -0.2) is 21.7 Å². The Bertz CT molecular complexity index is 646. The van der Waals surface area contributed by atoms with Gasteiger partial charge in [0.1, 0.15) is 22.1 Å². The number of alkyl carbamates (subject to hydrolysis) is 1. The molecule has 1 amide bonds. The van der Waals surface area contributed by atoms with Crippen molar-refractivity contribution in [3.05, 3.63) is 16.8 Å². The Kier molecular flexibility index (Phi) is 3.80. The highest BCUT2D eigenvalue weighted by Crippen LogP contribution is 2.27. The summed E-state index contributed by atoms with van der Waals surface area (Å²) < 4.78 is 5.18. The van der Waals surface area contributed by atoms with Gasteiger partial charge in [-0.15, -0.1) is 11.3 Å². The van der Waals surface area contributed by atoms with Crippen LogP contribution in [0.3, 0.4) is 0 Å². The number of thiophene rings is 1. The zero-order valence-corrected chi connectivity index (χ0v) is 12.8. The molecule has 0 saturated carbocycles. The molecule has 0 atom stereocenters. The normalized spacial score (nSPS) is 11.6. The van der Waals surface area contributed by atoms with Crippen molar-refractivity contribution >= 4 is 33.5 Å². The Morgan fingerprint density at radius 3 is 2.80 bits per heavy atom. The van der Waals surface area contributed by atoms with E-state index in [4.69, 9.17) is 10.5 Å². The third kappa shape index (κ3) is 3.57. The molecule has 0 saturated heterocycles. The number of nitrogens with one attached hydrogen (secondary N) is 1. The van der Waals surface area contributed by atoms with Gasteiger partial charge in [0.15, 0.2) is 0 Å². The van der Waals surface area contributed by atoms with Crippen LogP contribution < -0.4 is 11.1 Å². The molecule has 2 heterocycles. The van der Waals surface area contributed by atoms with Crippen molar-refractivity contribution in [3.8, 4) is 0 Å². The maximum Gasteiger partial charge on any atom is 0.407 e. The van der Waals surface area contributed by atoms with Gasteiger partial charge in [-0.05, 0) is 33.8 Å². The van der Waals surface area contributed by atoms with E-state index in [-0.39, 0.29) is 0 Å². The summed E-state index contributed by atoms with van der Waals surface area (Å²) in [5.74, 6) is 1.11. The van der Waals surface area contributed by atoms with Crippen molar-refractivity contribution in [2.75, 3.05) is 5.73 Å². The summed E-state index contributed by atoms with van der Waals surface area (Å²) in [6.07, 6.45) is -0.440. The zero-order chi connectivity index (χ0) is 14.9. The molecule has 0 unspecified atom stereocenters. The summed E-state index contributed by atoms with van der Waals surface area (Å²) in [6, 6.07) is 1.89. The van der Waals surface area contributed by atoms with Crippen LogP contribution in [0.4, 0.5) is 10.6 Å². The number of fused-ring (bicyclic) bond motifs is 1. The van der Waals surface area contributed by atoms with E-state index in [2.05, 4.69) is 15.3 Å². The first-order valence-corrected chi connectivity index (χ1v) is 7.05. The van der Waals surface area contributed by atoms with E-state index in [0.717, 1.165) is 15.1 Å². The molecule has 0 bridgehead atoms. The fraction of sp³-hybridized carbons (Fsp3) is 0.462. The van der Waals surface area contributed by atoms with Crippen molar-refractivity contribution in [3.63, 3.8) is 0 Å². The van der Waals surface area contributed by atoms with Crippen LogP contribution in [0, 0.1) is 6.92 Å². The van der Waals surface area contributed by atoms with Gasteiger partial charge < -0.3 is 15.8 Å². The van der Waals surface area contributed by atoms with Crippen LogP contribution >= 0.6 is 11.3 Å². The van der Waals surface area contributed by atoms with E-state index in [1.54, 1.807) is 6.92 Å². The number of aryl methyl sites for hydroxylation is 1. The Morgan fingerprint density at radius 2 is 2.15 bits per heavy atom. The lowest BCUT2D eigenvalue weighted by atomic mass is 10.2. The van der Waals surface area contributed by atoms with E-state index in [0.29, 0.717) is 18.2 Å². The summed E-state index contributed by atoms with van der Waals surface area (Å²) in [5.41, 5.74) is 5.35.